The van der Waals surface area contributed by atoms with Gasteiger partial charge in [0, 0.05) is 6.54 Å². The lowest BCUT2D eigenvalue weighted by atomic mass is 10.2. The van der Waals surface area contributed by atoms with Crippen LogP contribution in [0.3, 0.4) is 0 Å². The van der Waals surface area contributed by atoms with E-state index in [1.807, 2.05) is 24.3 Å². The van der Waals surface area contributed by atoms with Crippen molar-refractivity contribution in [2.75, 3.05) is 12.4 Å². The number of carbonyl (C=O) groups is 1. The molecular weight excluding hydrogens is 244 g/mol. The van der Waals surface area contributed by atoms with Crippen molar-refractivity contribution in [3.63, 3.8) is 0 Å². The zero-order chi connectivity index (χ0) is 13.7. The van der Waals surface area contributed by atoms with Gasteiger partial charge in [0.2, 0.25) is 0 Å². The highest BCUT2D eigenvalue weighted by Crippen LogP contribution is 2.14. The van der Waals surface area contributed by atoms with Gasteiger partial charge in [-0.25, -0.2) is 9.78 Å². The third-order valence-electron chi connectivity index (χ3n) is 2.58. The van der Waals surface area contributed by atoms with Crippen molar-refractivity contribution in [3.8, 4) is 5.75 Å². The van der Waals surface area contributed by atoms with E-state index < -0.39 is 5.97 Å². The van der Waals surface area contributed by atoms with Crippen molar-refractivity contribution in [2.45, 2.75) is 6.54 Å². The lowest BCUT2D eigenvalue weighted by molar-refractivity contribution is 0.0690. The summed E-state index contributed by atoms with van der Waals surface area (Å²) in [7, 11) is 1.62. The Kier molecular flexibility index (Phi) is 3.97. The topological polar surface area (TPSA) is 71.5 Å². The molecule has 2 aromatic rings. The van der Waals surface area contributed by atoms with Gasteiger partial charge in [-0.1, -0.05) is 18.2 Å². The summed E-state index contributed by atoms with van der Waals surface area (Å²) in [4.78, 5) is 14.8. The van der Waals surface area contributed by atoms with Crippen LogP contribution in [0.2, 0.25) is 0 Å². The molecule has 0 bridgehead atoms. The van der Waals surface area contributed by atoms with Crippen molar-refractivity contribution >= 4 is 11.8 Å². The first-order valence-electron chi connectivity index (χ1n) is 5.76. The number of carboxylic acids is 1. The number of ether oxygens (including phenoxy) is 1. The van der Waals surface area contributed by atoms with Gasteiger partial charge in [-0.2, -0.15) is 0 Å². The van der Waals surface area contributed by atoms with Gasteiger partial charge < -0.3 is 15.2 Å². The second-order valence-electron chi connectivity index (χ2n) is 3.92. The van der Waals surface area contributed by atoms with Gasteiger partial charge in [0.05, 0.1) is 7.11 Å². The summed E-state index contributed by atoms with van der Waals surface area (Å²) in [6, 6.07) is 12.5. The summed E-state index contributed by atoms with van der Waals surface area (Å²) < 4.78 is 5.14. The number of carboxylic acid groups (broad SMARTS) is 1. The van der Waals surface area contributed by atoms with E-state index >= 15 is 0 Å². The fraction of sp³-hybridized carbons (Fsp3) is 0.143. The minimum atomic E-state index is -1.04. The summed E-state index contributed by atoms with van der Waals surface area (Å²) >= 11 is 0. The van der Waals surface area contributed by atoms with E-state index in [0.717, 1.165) is 11.3 Å². The van der Waals surface area contributed by atoms with Crippen LogP contribution in [0.15, 0.2) is 42.5 Å². The molecule has 0 unspecified atom stereocenters. The predicted molar refractivity (Wildman–Crippen MR) is 71.5 cm³/mol. The largest absolute Gasteiger partial charge is 0.497 e. The quantitative estimate of drug-likeness (QED) is 0.861. The van der Waals surface area contributed by atoms with Crippen LogP contribution in [-0.2, 0) is 6.54 Å². The monoisotopic (exact) mass is 258 g/mol. The first-order chi connectivity index (χ1) is 9.19. The molecule has 0 amide bonds. The van der Waals surface area contributed by atoms with E-state index in [0.29, 0.717) is 12.4 Å². The van der Waals surface area contributed by atoms with Gasteiger partial charge in [0.1, 0.15) is 11.6 Å². The molecule has 0 aliphatic heterocycles. The fourth-order valence-electron chi connectivity index (χ4n) is 1.63. The van der Waals surface area contributed by atoms with E-state index in [-0.39, 0.29) is 5.69 Å². The Labute approximate surface area is 110 Å². The Morgan fingerprint density at radius 2 is 2.11 bits per heavy atom. The van der Waals surface area contributed by atoms with Crippen molar-refractivity contribution in [2.24, 2.45) is 0 Å². The molecule has 0 aliphatic carbocycles. The molecule has 5 heteroatoms. The highest BCUT2D eigenvalue weighted by atomic mass is 16.5. The smallest absolute Gasteiger partial charge is 0.354 e. The third-order valence-corrected chi connectivity index (χ3v) is 2.58. The molecule has 0 atom stereocenters. The number of hydrogen-bond donors (Lipinski definition) is 2. The van der Waals surface area contributed by atoms with Crippen LogP contribution < -0.4 is 10.1 Å². The Morgan fingerprint density at radius 1 is 1.32 bits per heavy atom. The molecular formula is C14H14N2O3. The Hall–Kier alpha value is -2.56. The molecule has 0 saturated carbocycles. The summed E-state index contributed by atoms with van der Waals surface area (Å²) in [5, 5.41) is 11.9. The van der Waals surface area contributed by atoms with Gasteiger partial charge in [-0.15, -0.1) is 0 Å². The van der Waals surface area contributed by atoms with E-state index in [1.165, 1.54) is 6.07 Å². The lowest BCUT2D eigenvalue weighted by Crippen LogP contribution is -2.05. The van der Waals surface area contributed by atoms with Crippen LogP contribution in [0.5, 0.6) is 5.75 Å². The number of hydrogen-bond acceptors (Lipinski definition) is 4. The maximum Gasteiger partial charge on any atom is 0.354 e. The molecule has 5 nitrogen and oxygen atoms in total. The van der Waals surface area contributed by atoms with Crippen molar-refractivity contribution < 1.29 is 14.6 Å². The van der Waals surface area contributed by atoms with Crippen molar-refractivity contribution in [3.05, 3.63) is 53.7 Å². The normalized spacial score (nSPS) is 9.95. The van der Waals surface area contributed by atoms with Crippen LogP contribution in [0, 0.1) is 0 Å². The zero-order valence-electron chi connectivity index (χ0n) is 10.5. The van der Waals surface area contributed by atoms with Gasteiger partial charge >= 0.3 is 5.97 Å². The van der Waals surface area contributed by atoms with Crippen LogP contribution in [0.1, 0.15) is 16.1 Å². The third kappa shape index (κ3) is 3.45. The molecule has 98 valence electrons. The van der Waals surface area contributed by atoms with Gasteiger partial charge in [0.25, 0.3) is 0 Å². The number of benzene rings is 1. The number of methoxy groups -OCH3 is 1. The second kappa shape index (κ2) is 5.86. The van der Waals surface area contributed by atoms with E-state index in [1.54, 1.807) is 19.2 Å². The first kappa shape index (κ1) is 12.9. The summed E-state index contributed by atoms with van der Waals surface area (Å²) in [6.07, 6.45) is 0. The summed E-state index contributed by atoms with van der Waals surface area (Å²) in [5.41, 5.74) is 1.05. The Morgan fingerprint density at radius 3 is 2.84 bits per heavy atom. The van der Waals surface area contributed by atoms with E-state index in [2.05, 4.69) is 10.3 Å². The van der Waals surface area contributed by atoms with Gasteiger partial charge in [0.15, 0.2) is 5.69 Å². The number of pyridine rings is 1. The average molecular weight is 258 g/mol. The fourth-order valence-corrected chi connectivity index (χ4v) is 1.63. The molecule has 1 aromatic carbocycles. The molecule has 19 heavy (non-hydrogen) atoms. The SMILES string of the molecule is COc1cccc(CNc2cccc(C(=O)O)n2)c1. The summed E-state index contributed by atoms with van der Waals surface area (Å²) in [6.45, 7) is 0.549. The van der Waals surface area contributed by atoms with Crippen LogP contribution in [0.4, 0.5) is 5.82 Å². The number of nitrogens with one attached hydrogen (secondary N) is 1. The maximum absolute atomic E-state index is 10.8. The minimum Gasteiger partial charge on any atom is -0.497 e. The maximum atomic E-state index is 10.8. The molecule has 0 radical (unpaired) electrons. The zero-order valence-corrected chi connectivity index (χ0v) is 10.5. The molecule has 0 fully saturated rings. The Balaban J connectivity index is 2.05. The van der Waals surface area contributed by atoms with Gasteiger partial charge in [-0.05, 0) is 29.8 Å². The van der Waals surface area contributed by atoms with Crippen LogP contribution >= 0.6 is 0 Å². The molecule has 1 heterocycles. The van der Waals surface area contributed by atoms with Crippen molar-refractivity contribution in [1.82, 2.24) is 4.98 Å². The number of anilines is 1. The van der Waals surface area contributed by atoms with E-state index in [9.17, 15) is 4.79 Å². The number of rotatable bonds is 5. The van der Waals surface area contributed by atoms with E-state index in [4.69, 9.17) is 9.84 Å². The highest BCUT2D eigenvalue weighted by molar-refractivity contribution is 5.85. The summed E-state index contributed by atoms with van der Waals surface area (Å²) in [5.74, 6) is 0.277. The molecule has 0 spiro atoms. The molecule has 1 aromatic heterocycles. The van der Waals surface area contributed by atoms with Crippen LogP contribution in [0.25, 0.3) is 0 Å². The second-order valence-corrected chi connectivity index (χ2v) is 3.92. The molecule has 2 rings (SSSR count). The number of nitrogens with zero attached hydrogens (tertiary/aromatic N) is 1. The first-order valence-corrected chi connectivity index (χ1v) is 5.76. The number of aromatic carboxylic acids is 1. The van der Waals surface area contributed by atoms with Crippen LogP contribution in [-0.4, -0.2) is 23.2 Å². The average Bonchev–Trinajstić information content (AvgIpc) is 2.45. The highest BCUT2D eigenvalue weighted by Gasteiger charge is 2.04. The molecule has 2 N–H and O–H groups in total. The minimum absolute atomic E-state index is 0.0237. The molecule has 0 aliphatic rings. The Bertz CT molecular complexity index is 584. The molecule has 0 saturated heterocycles. The lowest BCUT2D eigenvalue weighted by Gasteiger charge is -2.07. The van der Waals surface area contributed by atoms with Gasteiger partial charge in [-0.3, -0.25) is 0 Å². The predicted octanol–water partition coefficient (Wildman–Crippen LogP) is 2.40. The number of aromatic nitrogens is 1. The van der Waals surface area contributed by atoms with Crippen molar-refractivity contribution in [1.29, 1.82) is 0 Å². The standard InChI is InChI=1S/C14H14N2O3/c1-19-11-5-2-4-10(8-11)9-15-13-7-3-6-12(16-13)14(17)18/h2-8H,9H2,1H3,(H,15,16)(H,17,18).